The molecule has 0 spiro atoms. The van der Waals surface area contributed by atoms with Crippen molar-refractivity contribution in [2.45, 2.75) is 230 Å². The van der Waals surface area contributed by atoms with Crippen molar-refractivity contribution in [3.8, 4) is 46.0 Å². The first-order chi connectivity index (χ1) is 41.3. The zero-order valence-electron chi connectivity index (χ0n) is 57.7. The van der Waals surface area contributed by atoms with Crippen molar-refractivity contribution in [2.75, 3.05) is 24.9 Å². The summed E-state index contributed by atoms with van der Waals surface area (Å²) >= 11 is 0. The molecule has 482 valence electrons. The summed E-state index contributed by atoms with van der Waals surface area (Å²) in [4.78, 5) is 0. The number of phenols is 4. The third-order valence-corrected chi connectivity index (χ3v) is 31.5. The monoisotopic (exact) mass is 1260 g/mol. The van der Waals surface area contributed by atoms with Gasteiger partial charge in [0.1, 0.15) is 62.1 Å². The van der Waals surface area contributed by atoms with Gasteiger partial charge in [0.15, 0.2) is 0 Å². The number of benzene rings is 6. The fourth-order valence-corrected chi connectivity index (χ4v) is 18.8. The van der Waals surface area contributed by atoms with Crippen LogP contribution in [0.15, 0.2) is 109 Å². The first-order valence-electron chi connectivity index (χ1n) is 33.3. The van der Waals surface area contributed by atoms with E-state index in [1.54, 1.807) is 0 Å². The van der Waals surface area contributed by atoms with E-state index in [4.69, 9.17) is 18.9 Å². The Balaban J connectivity index is 0.000000310. The smallest absolute Gasteiger partial charge is 0.129 e. The average Bonchev–Trinajstić information content (AvgIpc) is 2.37. The maximum atomic E-state index is 10.7. The Morgan fingerprint density at radius 2 is 0.632 bits per heavy atom. The van der Waals surface area contributed by atoms with Gasteiger partial charge in [0, 0.05) is 0 Å². The molecule has 0 aliphatic heterocycles. The van der Waals surface area contributed by atoms with Crippen LogP contribution in [0, 0.1) is 27.7 Å². The van der Waals surface area contributed by atoms with Crippen LogP contribution < -0.4 is 29.3 Å². The fourth-order valence-electron chi connectivity index (χ4n) is 10.6. The van der Waals surface area contributed by atoms with E-state index < -0.39 is 32.3 Å². The Bertz CT molecular complexity index is 2800. The molecule has 0 aromatic heterocycles. The molecule has 6 rings (SSSR count). The van der Waals surface area contributed by atoms with Crippen LogP contribution >= 0.6 is 0 Å². The number of ether oxygens (including phenoxy) is 4. The van der Waals surface area contributed by atoms with Crippen LogP contribution in [-0.4, -0.2) is 77.6 Å². The van der Waals surface area contributed by atoms with Gasteiger partial charge in [-0.05, 0) is 172 Å². The number of phenolic OH excluding ortho intramolecular Hbond substituents is 4. The number of rotatable bonds is 31. The molecule has 87 heavy (non-hydrogen) atoms. The Morgan fingerprint density at radius 1 is 0.333 bits per heavy atom. The lowest BCUT2D eigenvalue weighted by Crippen LogP contribution is -2.52. The Labute approximate surface area is 533 Å². The van der Waals surface area contributed by atoms with Crippen LogP contribution in [0.25, 0.3) is 0 Å². The summed E-state index contributed by atoms with van der Waals surface area (Å²) < 4.78 is 24.5. The summed E-state index contributed by atoms with van der Waals surface area (Å²) in [5.41, 5.74) is 7.70. The van der Waals surface area contributed by atoms with E-state index >= 15 is 0 Å². The number of hydrogen-bond acceptors (Lipinski definition) is 8. The number of hydrogen-bond donors (Lipinski definition) is 4. The standard InChI is InChI=1S/C25H38O2Si.C21H38O2Si.C17H22O2Si.C12H20O2Si/c1-5-9-14-21-18-23(19-22(25(21)26)15-10-6-2)27-20-28(7-3,8-4)24-16-12-11-13-17-24;1-6-11-13-18-15-20(16-19(21(18)22)14-12-7-2)23-17-24(8-3,9-4)10-5;1-13-10-15(11-14(2)17(13)18)19-12-20(3,4)16-8-6-5-7-9-16;1-9-6-11(7-10(2)12(9)13)14-8-15(3,4)5/h11-13,16-19,26H,5-10,14-15,20H2,1-4H3;15-16,22H,6-14,17H2,1-5H3;5-11,18H,12H2,1-4H3;6-7,13H,8H2,1-5H3. The van der Waals surface area contributed by atoms with E-state index in [1.165, 1.54) is 40.6 Å². The molecule has 12 heteroatoms. The molecule has 0 saturated heterocycles. The third kappa shape index (κ3) is 24.8. The second kappa shape index (κ2) is 38.2. The first kappa shape index (κ1) is 75.8. The van der Waals surface area contributed by atoms with Crippen molar-refractivity contribution < 1.29 is 39.4 Å². The molecule has 0 saturated carbocycles. The number of unbranched alkanes of at least 4 members (excludes halogenated alkanes) is 4. The van der Waals surface area contributed by atoms with Gasteiger partial charge in [-0.15, -0.1) is 0 Å². The lowest BCUT2D eigenvalue weighted by molar-refractivity contribution is 0.371. The van der Waals surface area contributed by atoms with E-state index in [0.29, 0.717) is 23.0 Å². The van der Waals surface area contributed by atoms with Gasteiger partial charge < -0.3 is 39.4 Å². The lowest BCUT2D eigenvalue weighted by atomic mass is 10.00. The zero-order chi connectivity index (χ0) is 64.8. The minimum Gasteiger partial charge on any atom is -0.507 e. The molecule has 6 aromatic rings. The minimum atomic E-state index is -1.69. The summed E-state index contributed by atoms with van der Waals surface area (Å²) in [7, 11) is -5.74. The summed E-state index contributed by atoms with van der Waals surface area (Å²) in [6.07, 6.45) is 15.9. The first-order valence-corrected chi connectivity index (χ1v) is 45.6. The molecule has 8 nitrogen and oxygen atoms in total. The van der Waals surface area contributed by atoms with Gasteiger partial charge >= 0.3 is 0 Å². The zero-order valence-corrected chi connectivity index (χ0v) is 61.7. The van der Waals surface area contributed by atoms with Crippen molar-refractivity contribution in [1.29, 1.82) is 0 Å². The van der Waals surface area contributed by atoms with E-state index in [-0.39, 0.29) is 0 Å². The predicted molar refractivity (Wildman–Crippen MR) is 385 cm³/mol. The average molecular weight is 1260 g/mol. The quantitative estimate of drug-likeness (QED) is 0.0318. The number of aryl methyl sites for hydroxylation is 8. The maximum Gasteiger partial charge on any atom is 0.129 e. The molecule has 0 aliphatic rings. The molecule has 0 amide bonds. The molecule has 0 fully saturated rings. The van der Waals surface area contributed by atoms with Gasteiger partial charge in [-0.3, -0.25) is 0 Å². The van der Waals surface area contributed by atoms with Crippen molar-refractivity contribution in [3.05, 3.63) is 154 Å². The summed E-state index contributed by atoms with van der Waals surface area (Å²) in [6.45, 7) is 39.4. The summed E-state index contributed by atoms with van der Waals surface area (Å²) in [5, 5.41) is 43.6. The van der Waals surface area contributed by atoms with Crippen molar-refractivity contribution >= 4 is 42.7 Å². The van der Waals surface area contributed by atoms with E-state index in [0.717, 1.165) is 169 Å². The Kier molecular flexibility index (Phi) is 33.3. The molecule has 0 atom stereocenters. The maximum absolute atomic E-state index is 10.7. The SMILES string of the molecule is CCCCc1cc(OC[Si](CC)(CC)CC)cc(CCCC)c1O.CCCCc1cc(OC[Si](CC)(CC)c2ccccc2)cc(CCCC)c1O.Cc1cc(OC[Si](C)(C)C)cc(C)c1O.Cc1cc(OC[Si](C)(C)c2ccccc2)cc(C)c1O. The minimum absolute atomic E-state index is 0.358. The van der Waals surface area contributed by atoms with Gasteiger partial charge in [-0.25, -0.2) is 0 Å². The summed E-state index contributed by atoms with van der Waals surface area (Å²) in [5.74, 6) is 5.34. The molecule has 0 aliphatic carbocycles. The van der Waals surface area contributed by atoms with Crippen molar-refractivity contribution in [2.24, 2.45) is 0 Å². The second-order valence-corrected chi connectivity index (χ2v) is 46.6. The highest BCUT2D eigenvalue weighted by molar-refractivity contribution is 6.92. The van der Waals surface area contributed by atoms with Crippen LogP contribution in [0.2, 0.25) is 63.0 Å². The Morgan fingerprint density at radius 3 is 0.943 bits per heavy atom. The van der Waals surface area contributed by atoms with Gasteiger partial charge in [0.05, 0.1) is 41.1 Å². The topological polar surface area (TPSA) is 118 Å². The normalized spacial score (nSPS) is 11.6. The van der Waals surface area contributed by atoms with Crippen molar-refractivity contribution in [3.63, 3.8) is 0 Å². The largest absolute Gasteiger partial charge is 0.507 e. The van der Waals surface area contributed by atoms with E-state index in [9.17, 15) is 20.4 Å². The molecule has 0 heterocycles. The third-order valence-electron chi connectivity index (χ3n) is 17.5. The second-order valence-electron chi connectivity index (χ2n) is 26.3. The lowest BCUT2D eigenvalue weighted by Gasteiger charge is -2.30. The molecular formula is C75H118O8Si4. The highest BCUT2D eigenvalue weighted by atomic mass is 28.3. The fraction of sp³-hybridized carbons (Fsp3) is 0.520. The van der Waals surface area contributed by atoms with Crippen molar-refractivity contribution in [1.82, 2.24) is 0 Å². The molecular weight excluding hydrogens is 1140 g/mol. The highest BCUT2D eigenvalue weighted by Crippen LogP contribution is 2.35. The predicted octanol–water partition coefficient (Wildman–Crippen LogP) is 19.7. The number of aromatic hydroxyl groups is 4. The van der Waals surface area contributed by atoms with Gasteiger partial charge in [-0.2, -0.15) is 0 Å². The molecule has 0 bridgehead atoms. The van der Waals surface area contributed by atoms with Crippen LogP contribution in [-0.2, 0) is 25.7 Å². The molecule has 4 N–H and O–H groups in total. The van der Waals surface area contributed by atoms with Gasteiger partial charge in [0.25, 0.3) is 0 Å². The Hall–Kier alpha value is -5.41. The van der Waals surface area contributed by atoms with E-state index in [2.05, 4.69) is 174 Å². The van der Waals surface area contributed by atoms with Crippen LogP contribution in [0.3, 0.4) is 0 Å². The van der Waals surface area contributed by atoms with Crippen LogP contribution in [0.5, 0.6) is 46.0 Å². The highest BCUT2D eigenvalue weighted by Gasteiger charge is 2.33. The molecule has 6 aromatic carbocycles. The van der Waals surface area contributed by atoms with E-state index in [1.807, 2.05) is 58.0 Å². The van der Waals surface area contributed by atoms with Gasteiger partial charge in [-0.1, -0.05) is 222 Å². The molecule has 0 unspecified atom stereocenters. The summed E-state index contributed by atoms with van der Waals surface area (Å²) in [6, 6.07) is 43.6. The van der Waals surface area contributed by atoms with Crippen LogP contribution in [0.4, 0.5) is 0 Å². The molecule has 0 radical (unpaired) electrons. The van der Waals surface area contributed by atoms with Crippen LogP contribution in [0.1, 0.15) is 158 Å². The van der Waals surface area contributed by atoms with Gasteiger partial charge in [0.2, 0.25) is 0 Å².